The van der Waals surface area contributed by atoms with Crippen molar-refractivity contribution in [1.82, 2.24) is 10.3 Å². The van der Waals surface area contributed by atoms with Crippen LogP contribution in [0.3, 0.4) is 0 Å². The van der Waals surface area contributed by atoms with Gasteiger partial charge in [-0.1, -0.05) is 0 Å². The Balaban J connectivity index is 1.92. The van der Waals surface area contributed by atoms with Crippen molar-refractivity contribution in [3.63, 3.8) is 0 Å². The molecule has 0 atom stereocenters. The number of rotatable bonds is 9. The summed E-state index contributed by atoms with van der Waals surface area (Å²) >= 11 is 0. The third-order valence-electron chi connectivity index (χ3n) is 3.18. The van der Waals surface area contributed by atoms with Crippen molar-refractivity contribution in [2.45, 2.75) is 6.42 Å². The first kappa shape index (κ1) is 18.8. The molecule has 12 nitrogen and oxygen atoms in total. The molecule has 13 heteroatoms. The summed E-state index contributed by atoms with van der Waals surface area (Å²) in [5, 5.41) is 20.9. The Labute approximate surface area is 141 Å². The highest BCUT2D eigenvalue weighted by atomic mass is 31.2. The Bertz CT molecular complexity index is 815. The molecule has 0 aliphatic rings. The standard InChI is InChI=1S/C12H15N4O8P/c1-21-25(20,22-2)7-23-10(17)5-6-13-8-3-4-9(16(18)19)12-11(8)14-24-15-12/h3-4,13H,5-7H2,1-2H3. The number of benzene rings is 1. The van der Waals surface area contributed by atoms with Gasteiger partial charge in [0.1, 0.15) is 0 Å². The fourth-order valence-corrected chi connectivity index (χ4v) is 2.51. The number of anilines is 1. The van der Waals surface area contributed by atoms with Gasteiger partial charge in [-0.3, -0.25) is 19.5 Å². The summed E-state index contributed by atoms with van der Waals surface area (Å²) in [5.41, 5.74) is 0.342. The molecule has 1 aromatic heterocycles. The topological polar surface area (TPSA) is 156 Å². The molecule has 0 radical (unpaired) electrons. The molecule has 0 spiro atoms. The summed E-state index contributed by atoms with van der Waals surface area (Å²) in [6.07, 6.45) is -0.551. The van der Waals surface area contributed by atoms with Gasteiger partial charge in [-0.25, -0.2) is 4.63 Å². The van der Waals surface area contributed by atoms with E-state index in [1.54, 1.807) is 0 Å². The lowest BCUT2D eigenvalue weighted by atomic mass is 10.2. The van der Waals surface area contributed by atoms with E-state index in [0.29, 0.717) is 5.69 Å². The Hall–Kier alpha value is -2.56. The van der Waals surface area contributed by atoms with Crippen LogP contribution in [-0.2, 0) is 23.1 Å². The van der Waals surface area contributed by atoms with Gasteiger partial charge in [-0.2, -0.15) is 0 Å². The first-order valence-corrected chi connectivity index (χ1v) is 8.62. The highest BCUT2D eigenvalue weighted by Gasteiger charge is 2.23. The normalized spacial score (nSPS) is 11.4. The van der Waals surface area contributed by atoms with Crippen LogP contribution < -0.4 is 5.32 Å². The fourth-order valence-electron chi connectivity index (χ4n) is 1.85. The molecule has 0 unspecified atom stereocenters. The SMILES string of the molecule is COP(=O)(COC(=O)CCNc1ccc([N+](=O)[O-])c2nonc12)OC. The smallest absolute Gasteiger partial charge is 0.367 e. The van der Waals surface area contributed by atoms with E-state index in [2.05, 4.69) is 29.3 Å². The van der Waals surface area contributed by atoms with E-state index in [4.69, 9.17) is 4.74 Å². The Morgan fingerprint density at radius 3 is 2.64 bits per heavy atom. The van der Waals surface area contributed by atoms with Crippen LogP contribution in [-0.4, -0.2) is 48.3 Å². The zero-order chi connectivity index (χ0) is 18.4. The molecule has 0 saturated heterocycles. The molecule has 0 saturated carbocycles. The number of esters is 1. The molecule has 0 bridgehead atoms. The Morgan fingerprint density at radius 2 is 2.00 bits per heavy atom. The summed E-state index contributed by atoms with van der Waals surface area (Å²) in [5.74, 6) is -0.627. The lowest BCUT2D eigenvalue weighted by Crippen LogP contribution is -2.13. The summed E-state index contributed by atoms with van der Waals surface area (Å²) in [7, 11) is -1.05. The highest BCUT2D eigenvalue weighted by molar-refractivity contribution is 7.53. The van der Waals surface area contributed by atoms with Crippen molar-refractivity contribution in [3.05, 3.63) is 22.2 Å². The van der Waals surface area contributed by atoms with Crippen molar-refractivity contribution in [2.75, 3.05) is 32.4 Å². The van der Waals surface area contributed by atoms with E-state index < -0.39 is 24.8 Å². The van der Waals surface area contributed by atoms with Gasteiger partial charge in [0.15, 0.2) is 11.9 Å². The van der Waals surface area contributed by atoms with E-state index in [1.807, 2.05) is 0 Å². The maximum absolute atomic E-state index is 11.7. The van der Waals surface area contributed by atoms with Crippen LogP contribution in [0.5, 0.6) is 0 Å². The minimum absolute atomic E-state index is 0.00120. The second kappa shape index (κ2) is 8.01. The zero-order valence-electron chi connectivity index (χ0n) is 13.3. The molecule has 0 amide bonds. The molecule has 1 heterocycles. The summed E-state index contributed by atoms with van der Waals surface area (Å²) in [6.45, 7) is 0.142. The maximum Gasteiger partial charge on any atom is 0.367 e. The Kier molecular flexibility index (Phi) is 6.02. The van der Waals surface area contributed by atoms with Gasteiger partial charge in [0.05, 0.1) is 17.0 Å². The number of non-ortho nitro benzene ring substituents is 1. The predicted octanol–water partition coefficient (Wildman–Crippen LogP) is 1.92. The number of carbonyl (C=O) groups is 1. The van der Waals surface area contributed by atoms with Gasteiger partial charge in [0.25, 0.3) is 0 Å². The molecule has 2 rings (SSSR count). The fraction of sp³-hybridized carbons (Fsp3) is 0.417. The van der Waals surface area contributed by atoms with Crippen LogP contribution >= 0.6 is 7.60 Å². The molecule has 0 aliphatic heterocycles. The number of fused-ring (bicyclic) bond motifs is 1. The van der Waals surface area contributed by atoms with Crippen molar-refractivity contribution in [2.24, 2.45) is 0 Å². The van der Waals surface area contributed by atoms with Gasteiger partial charge >= 0.3 is 19.3 Å². The van der Waals surface area contributed by atoms with Crippen LogP contribution in [0.1, 0.15) is 6.42 Å². The van der Waals surface area contributed by atoms with Crippen LogP contribution in [0.2, 0.25) is 0 Å². The number of nitro benzene ring substituents is 1. The van der Waals surface area contributed by atoms with Crippen LogP contribution in [0.25, 0.3) is 11.0 Å². The molecular weight excluding hydrogens is 359 g/mol. The molecule has 136 valence electrons. The minimum atomic E-state index is -3.42. The second-order valence-electron chi connectivity index (χ2n) is 4.65. The second-order valence-corrected chi connectivity index (χ2v) is 6.86. The van der Waals surface area contributed by atoms with Crippen LogP contribution in [0, 0.1) is 10.1 Å². The zero-order valence-corrected chi connectivity index (χ0v) is 14.2. The van der Waals surface area contributed by atoms with Gasteiger partial charge in [0, 0.05) is 26.8 Å². The number of nitro groups is 1. The summed E-state index contributed by atoms with van der Waals surface area (Å²) < 4.78 is 30.4. The Morgan fingerprint density at radius 1 is 1.32 bits per heavy atom. The largest absolute Gasteiger partial charge is 0.453 e. The van der Waals surface area contributed by atoms with Crippen molar-refractivity contribution in [3.8, 4) is 0 Å². The van der Waals surface area contributed by atoms with E-state index >= 15 is 0 Å². The highest BCUT2D eigenvalue weighted by Crippen LogP contribution is 2.46. The molecule has 1 aromatic carbocycles. The van der Waals surface area contributed by atoms with E-state index in [1.165, 1.54) is 26.4 Å². The average Bonchev–Trinajstić information content (AvgIpc) is 3.09. The predicted molar refractivity (Wildman–Crippen MR) is 84.1 cm³/mol. The van der Waals surface area contributed by atoms with E-state index in [9.17, 15) is 19.5 Å². The number of nitrogens with zero attached hydrogens (tertiary/aromatic N) is 3. The molecular formula is C12H15N4O8P. The lowest BCUT2D eigenvalue weighted by Gasteiger charge is -2.13. The van der Waals surface area contributed by atoms with Crippen LogP contribution in [0.15, 0.2) is 16.8 Å². The van der Waals surface area contributed by atoms with Crippen molar-refractivity contribution < 1.29 is 32.7 Å². The van der Waals surface area contributed by atoms with E-state index in [-0.39, 0.29) is 29.7 Å². The lowest BCUT2D eigenvalue weighted by molar-refractivity contribution is -0.383. The van der Waals surface area contributed by atoms with E-state index in [0.717, 1.165) is 0 Å². The summed E-state index contributed by atoms with van der Waals surface area (Å²) in [4.78, 5) is 21.9. The van der Waals surface area contributed by atoms with Gasteiger partial charge in [-0.05, 0) is 16.4 Å². The maximum atomic E-state index is 11.7. The number of hydrogen-bond acceptors (Lipinski definition) is 11. The quantitative estimate of drug-likeness (QED) is 0.296. The third kappa shape index (κ3) is 4.50. The molecule has 0 aliphatic carbocycles. The summed E-state index contributed by atoms with van der Waals surface area (Å²) in [6, 6.07) is 2.68. The molecule has 2 aromatic rings. The number of hydrogen-bond donors (Lipinski definition) is 1. The number of carbonyl (C=O) groups excluding carboxylic acids is 1. The first-order chi connectivity index (χ1) is 11.9. The first-order valence-electron chi connectivity index (χ1n) is 6.90. The van der Waals surface area contributed by atoms with Crippen LogP contribution in [0.4, 0.5) is 11.4 Å². The third-order valence-corrected chi connectivity index (χ3v) is 4.73. The van der Waals surface area contributed by atoms with Crippen molar-refractivity contribution in [1.29, 1.82) is 0 Å². The van der Waals surface area contributed by atoms with Crippen molar-refractivity contribution >= 4 is 36.0 Å². The van der Waals surface area contributed by atoms with Gasteiger partial charge < -0.3 is 19.1 Å². The number of ether oxygens (including phenoxy) is 1. The molecule has 25 heavy (non-hydrogen) atoms. The minimum Gasteiger partial charge on any atom is -0.453 e. The number of aromatic nitrogens is 2. The van der Waals surface area contributed by atoms with Gasteiger partial charge in [-0.15, -0.1) is 0 Å². The monoisotopic (exact) mass is 374 g/mol. The van der Waals surface area contributed by atoms with Gasteiger partial charge in [0.2, 0.25) is 5.52 Å². The molecule has 0 fully saturated rings. The molecule has 1 N–H and O–H groups in total. The number of nitrogens with one attached hydrogen (secondary N) is 1. The average molecular weight is 374 g/mol.